The standard InChI is InChI=1S/C11H19N3O2S/c1-4-9-7-17-11(14-9)13-8(2)10(15)12-5-6-16-3/h7-8H,4-6H2,1-3H3,(H,12,15)(H,13,14). The van der Waals surface area contributed by atoms with Crippen molar-refractivity contribution in [3.63, 3.8) is 0 Å². The minimum atomic E-state index is -0.289. The van der Waals surface area contributed by atoms with E-state index in [0.717, 1.165) is 17.2 Å². The van der Waals surface area contributed by atoms with Gasteiger partial charge in [-0.05, 0) is 13.3 Å². The van der Waals surface area contributed by atoms with Gasteiger partial charge in [-0.15, -0.1) is 11.3 Å². The van der Waals surface area contributed by atoms with Gasteiger partial charge >= 0.3 is 0 Å². The molecule has 1 aromatic rings. The Hall–Kier alpha value is -1.14. The maximum absolute atomic E-state index is 11.6. The molecule has 0 aliphatic rings. The van der Waals surface area contributed by atoms with Gasteiger partial charge in [0, 0.05) is 19.0 Å². The highest BCUT2D eigenvalue weighted by Crippen LogP contribution is 2.16. The quantitative estimate of drug-likeness (QED) is 0.722. The maximum Gasteiger partial charge on any atom is 0.242 e. The van der Waals surface area contributed by atoms with Crippen LogP contribution in [-0.2, 0) is 16.0 Å². The number of hydrogen-bond donors (Lipinski definition) is 2. The minimum Gasteiger partial charge on any atom is -0.383 e. The Kier molecular flexibility index (Phi) is 5.93. The van der Waals surface area contributed by atoms with Crippen LogP contribution >= 0.6 is 11.3 Å². The average Bonchev–Trinajstić information content (AvgIpc) is 2.77. The SMILES string of the molecule is CCc1csc(NC(C)C(=O)NCCOC)n1. The molecule has 0 saturated heterocycles. The summed E-state index contributed by atoms with van der Waals surface area (Å²) in [6.45, 7) is 4.92. The van der Waals surface area contributed by atoms with Gasteiger partial charge in [-0.25, -0.2) is 4.98 Å². The molecule has 1 amide bonds. The minimum absolute atomic E-state index is 0.0460. The number of carbonyl (C=O) groups is 1. The molecule has 6 heteroatoms. The molecule has 0 aliphatic heterocycles. The summed E-state index contributed by atoms with van der Waals surface area (Å²) < 4.78 is 4.86. The highest BCUT2D eigenvalue weighted by Gasteiger charge is 2.13. The lowest BCUT2D eigenvalue weighted by Gasteiger charge is -2.12. The van der Waals surface area contributed by atoms with Crippen molar-refractivity contribution >= 4 is 22.4 Å². The van der Waals surface area contributed by atoms with Gasteiger partial charge in [-0.3, -0.25) is 4.79 Å². The van der Waals surface area contributed by atoms with E-state index in [1.54, 1.807) is 7.11 Å². The molecule has 0 aliphatic carbocycles. The third-order valence-electron chi connectivity index (χ3n) is 2.25. The van der Waals surface area contributed by atoms with Crippen molar-refractivity contribution in [3.8, 4) is 0 Å². The molecule has 1 unspecified atom stereocenters. The van der Waals surface area contributed by atoms with Gasteiger partial charge in [0.05, 0.1) is 12.3 Å². The number of methoxy groups -OCH3 is 1. The van der Waals surface area contributed by atoms with E-state index in [-0.39, 0.29) is 11.9 Å². The second-order valence-corrected chi connectivity index (χ2v) is 4.51. The predicted octanol–water partition coefficient (Wildman–Crippen LogP) is 1.27. The van der Waals surface area contributed by atoms with Crippen LogP contribution in [0.5, 0.6) is 0 Å². The number of nitrogens with zero attached hydrogens (tertiary/aromatic N) is 1. The van der Waals surface area contributed by atoms with Crippen molar-refractivity contribution in [1.29, 1.82) is 0 Å². The summed E-state index contributed by atoms with van der Waals surface area (Å²) >= 11 is 1.52. The number of amides is 1. The second kappa shape index (κ2) is 7.24. The Bertz CT molecular complexity index is 354. The molecule has 0 spiro atoms. The molecule has 1 atom stereocenters. The number of hydrogen-bond acceptors (Lipinski definition) is 5. The largest absolute Gasteiger partial charge is 0.383 e. The third-order valence-corrected chi connectivity index (χ3v) is 3.07. The first-order valence-corrected chi connectivity index (χ1v) is 6.53. The topological polar surface area (TPSA) is 63.2 Å². The summed E-state index contributed by atoms with van der Waals surface area (Å²) in [5.74, 6) is -0.0460. The van der Waals surface area contributed by atoms with Crippen molar-refractivity contribution in [2.45, 2.75) is 26.3 Å². The molecule has 0 aromatic carbocycles. The molecular weight excluding hydrogens is 238 g/mol. The van der Waals surface area contributed by atoms with E-state index in [2.05, 4.69) is 22.5 Å². The summed E-state index contributed by atoms with van der Waals surface area (Å²) in [6, 6.07) is -0.289. The number of rotatable bonds is 7. The summed E-state index contributed by atoms with van der Waals surface area (Å²) in [4.78, 5) is 16.0. The molecule has 5 nitrogen and oxygen atoms in total. The molecule has 1 aromatic heterocycles. The van der Waals surface area contributed by atoms with Crippen LogP contribution < -0.4 is 10.6 Å². The predicted molar refractivity (Wildman–Crippen MR) is 69.5 cm³/mol. The van der Waals surface area contributed by atoms with E-state index < -0.39 is 0 Å². The second-order valence-electron chi connectivity index (χ2n) is 3.65. The average molecular weight is 257 g/mol. The molecule has 0 fully saturated rings. The first kappa shape index (κ1) is 13.9. The van der Waals surface area contributed by atoms with Gasteiger partial charge in [-0.1, -0.05) is 6.92 Å². The fourth-order valence-electron chi connectivity index (χ4n) is 1.22. The molecule has 96 valence electrons. The lowest BCUT2D eigenvalue weighted by molar-refractivity contribution is -0.121. The van der Waals surface area contributed by atoms with Crippen molar-refractivity contribution in [3.05, 3.63) is 11.1 Å². The Morgan fingerprint density at radius 3 is 3.00 bits per heavy atom. The first-order valence-electron chi connectivity index (χ1n) is 5.65. The van der Waals surface area contributed by atoms with Crippen molar-refractivity contribution in [1.82, 2.24) is 10.3 Å². The zero-order valence-corrected chi connectivity index (χ0v) is 11.3. The van der Waals surface area contributed by atoms with Crippen molar-refractivity contribution in [2.75, 3.05) is 25.6 Å². The Morgan fingerprint density at radius 2 is 2.41 bits per heavy atom. The van der Waals surface area contributed by atoms with Crippen molar-refractivity contribution in [2.24, 2.45) is 0 Å². The van der Waals surface area contributed by atoms with E-state index in [1.807, 2.05) is 12.3 Å². The molecule has 0 radical (unpaired) electrons. The highest BCUT2D eigenvalue weighted by atomic mass is 32.1. The van der Waals surface area contributed by atoms with Gasteiger partial charge in [0.15, 0.2) is 5.13 Å². The molecular formula is C11H19N3O2S. The lowest BCUT2D eigenvalue weighted by atomic mass is 10.3. The zero-order chi connectivity index (χ0) is 12.7. The molecule has 1 heterocycles. The number of nitrogens with one attached hydrogen (secondary N) is 2. The lowest BCUT2D eigenvalue weighted by Crippen LogP contribution is -2.39. The van der Waals surface area contributed by atoms with Crippen LogP contribution in [0.3, 0.4) is 0 Å². The fourth-order valence-corrected chi connectivity index (χ4v) is 2.10. The van der Waals surface area contributed by atoms with Crippen molar-refractivity contribution < 1.29 is 9.53 Å². The van der Waals surface area contributed by atoms with Gasteiger partial charge in [-0.2, -0.15) is 0 Å². The highest BCUT2D eigenvalue weighted by molar-refractivity contribution is 7.13. The molecule has 17 heavy (non-hydrogen) atoms. The molecule has 1 rings (SSSR count). The fraction of sp³-hybridized carbons (Fsp3) is 0.636. The zero-order valence-electron chi connectivity index (χ0n) is 10.4. The van der Waals surface area contributed by atoms with E-state index in [0.29, 0.717) is 13.2 Å². The number of anilines is 1. The van der Waals surface area contributed by atoms with E-state index in [9.17, 15) is 4.79 Å². The monoisotopic (exact) mass is 257 g/mol. The van der Waals surface area contributed by atoms with E-state index in [1.165, 1.54) is 11.3 Å². The first-order chi connectivity index (χ1) is 8.17. The number of aryl methyl sites for hydroxylation is 1. The van der Waals surface area contributed by atoms with Crippen LogP contribution in [0, 0.1) is 0 Å². The smallest absolute Gasteiger partial charge is 0.242 e. The number of ether oxygens (including phenoxy) is 1. The number of thiazole rings is 1. The van der Waals surface area contributed by atoms with Crippen LogP contribution in [0.1, 0.15) is 19.5 Å². The van der Waals surface area contributed by atoms with Gasteiger partial charge < -0.3 is 15.4 Å². The van der Waals surface area contributed by atoms with Gasteiger partial charge in [0.2, 0.25) is 5.91 Å². The van der Waals surface area contributed by atoms with Crippen LogP contribution in [0.15, 0.2) is 5.38 Å². The Balaban J connectivity index is 2.37. The summed E-state index contributed by atoms with van der Waals surface area (Å²) in [5, 5.41) is 8.64. The maximum atomic E-state index is 11.6. The Labute approximate surface area is 106 Å². The third kappa shape index (κ3) is 4.70. The number of carbonyl (C=O) groups excluding carboxylic acids is 1. The summed E-state index contributed by atoms with van der Waals surface area (Å²) in [7, 11) is 1.61. The van der Waals surface area contributed by atoms with E-state index >= 15 is 0 Å². The van der Waals surface area contributed by atoms with Crippen LogP contribution in [0.2, 0.25) is 0 Å². The van der Waals surface area contributed by atoms with Crippen LogP contribution in [0.25, 0.3) is 0 Å². The van der Waals surface area contributed by atoms with E-state index in [4.69, 9.17) is 4.74 Å². The van der Waals surface area contributed by atoms with Crippen LogP contribution in [-0.4, -0.2) is 37.2 Å². The molecule has 0 saturated carbocycles. The summed E-state index contributed by atoms with van der Waals surface area (Å²) in [6.07, 6.45) is 0.909. The molecule has 0 bridgehead atoms. The summed E-state index contributed by atoms with van der Waals surface area (Å²) in [5.41, 5.74) is 1.05. The molecule has 2 N–H and O–H groups in total. The van der Waals surface area contributed by atoms with Gasteiger partial charge in [0.25, 0.3) is 0 Å². The number of aromatic nitrogens is 1. The van der Waals surface area contributed by atoms with Gasteiger partial charge in [0.1, 0.15) is 6.04 Å². The Morgan fingerprint density at radius 1 is 1.65 bits per heavy atom. The normalized spacial score (nSPS) is 12.2. The van der Waals surface area contributed by atoms with Crippen LogP contribution in [0.4, 0.5) is 5.13 Å².